The van der Waals surface area contributed by atoms with E-state index in [1.54, 1.807) is 0 Å². The summed E-state index contributed by atoms with van der Waals surface area (Å²) in [6.45, 7) is 2.58. The van der Waals surface area contributed by atoms with Crippen LogP contribution in [0.5, 0.6) is 0 Å². The molecule has 0 saturated carbocycles. The lowest BCUT2D eigenvalue weighted by Gasteiger charge is -2.01. The highest BCUT2D eigenvalue weighted by molar-refractivity contribution is 5.81. The van der Waals surface area contributed by atoms with Crippen LogP contribution in [0.4, 0.5) is 0 Å². The molecule has 1 aromatic carbocycles. The molecule has 1 rings (SSSR count). The first-order valence-corrected chi connectivity index (χ1v) is 6.20. The summed E-state index contributed by atoms with van der Waals surface area (Å²) in [7, 11) is 0. The number of carbonyl (C=O) groups excluding carboxylic acids is 1. The molecular formula is C15H20O2. The van der Waals surface area contributed by atoms with Crippen LogP contribution in [0.15, 0.2) is 42.5 Å². The zero-order chi connectivity index (χ0) is 12.3. The first kappa shape index (κ1) is 13.5. The number of allylic oxidation sites excluding steroid dienone is 1. The van der Waals surface area contributed by atoms with E-state index in [9.17, 15) is 4.79 Å². The van der Waals surface area contributed by atoms with Gasteiger partial charge in [0.15, 0.2) is 0 Å². The van der Waals surface area contributed by atoms with Crippen LogP contribution < -0.4 is 0 Å². The van der Waals surface area contributed by atoms with Crippen LogP contribution in [0.3, 0.4) is 0 Å². The van der Waals surface area contributed by atoms with E-state index in [-0.39, 0.29) is 5.97 Å². The van der Waals surface area contributed by atoms with Crippen LogP contribution in [0.2, 0.25) is 0 Å². The molecule has 92 valence electrons. The maximum atomic E-state index is 11.3. The molecule has 0 aliphatic heterocycles. The van der Waals surface area contributed by atoms with Gasteiger partial charge in [0.2, 0.25) is 0 Å². The minimum absolute atomic E-state index is 0.239. The molecule has 0 N–H and O–H groups in total. The van der Waals surface area contributed by atoms with Crippen molar-refractivity contribution in [2.75, 3.05) is 6.61 Å². The third kappa shape index (κ3) is 6.56. The number of esters is 1. The number of unbranched alkanes of at least 4 members (excludes halogenated alkanes) is 2. The van der Waals surface area contributed by atoms with Gasteiger partial charge in [-0.1, -0.05) is 56.2 Å². The van der Waals surface area contributed by atoms with Crippen molar-refractivity contribution in [1.82, 2.24) is 0 Å². The first-order valence-electron chi connectivity index (χ1n) is 6.20. The Morgan fingerprint density at radius 1 is 1.29 bits per heavy atom. The van der Waals surface area contributed by atoms with Gasteiger partial charge >= 0.3 is 5.97 Å². The second-order valence-corrected chi connectivity index (χ2v) is 3.95. The Morgan fingerprint density at radius 3 is 2.76 bits per heavy atom. The summed E-state index contributed by atoms with van der Waals surface area (Å²) >= 11 is 0. The summed E-state index contributed by atoms with van der Waals surface area (Å²) in [5.74, 6) is -0.239. The van der Waals surface area contributed by atoms with Crippen LogP contribution in [0.1, 0.15) is 31.7 Å². The maximum Gasteiger partial charge on any atom is 0.330 e. The van der Waals surface area contributed by atoms with Crippen molar-refractivity contribution in [1.29, 1.82) is 0 Å². The Balaban J connectivity index is 2.14. The van der Waals surface area contributed by atoms with Crippen LogP contribution >= 0.6 is 0 Å². The van der Waals surface area contributed by atoms with Crippen molar-refractivity contribution in [3.63, 3.8) is 0 Å². The van der Waals surface area contributed by atoms with E-state index in [2.05, 4.69) is 6.92 Å². The van der Waals surface area contributed by atoms with Crippen LogP contribution in [0.25, 0.3) is 0 Å². The molecule has 0 radical (unpaired) electrons. The highest BCUT2D eigenvalue weighted by atomic mass is 16.5. The van der Waals surface area contributed by atoms with E-state index in [0.29, 0.717) is 6.61 Å². The Labute approximate surface area is 103 Å². The fourth-order valence-corrected chi connectivity index (χ4v) is 1.46. The van der Waals surface area contributed by atoms with Crippen LogP contribution in [-0.2, 0) is 16.0 Å². The quantitative estimate of drug-likeness (QED) is 0.408. The fourth-order valence-electron chi connectivity index (χ4n) is 1.46. The SMILES string of the molecule is CCCCC=CC(=O)OCCc1ccccc1. The molecule has 0 amide bonds. The van der Waals surface area contributed by atoms with E-state index in [1.165, 1.54) is 11.6 Å². The molecular weight excluding hydrogens is 212 g/mol. The summed E-state index contributed by atoms with van der Waals surface area (Å²) in [4.78, 5) is 11.3. The smallest absolute Gasteiger partial charge is 0.330 e. The van der Waals surface area contributed by atoms with E-state index < -0.39 is 0 Å². The van der Waals surface area contributed by atoms with Gasteiger partial charge in [0.1, 0.15) is 0 Å². The molecule has 0 unspecified atom stereocenters. The summed E-state index contributed by atoms with van der Waals surface area (Å²) in [6.07, 6.45) is 7.40. The lowest BCUT2D eigenvalue weighted by atomic mass is 10.2. The number of carbonyl (C=O) groups is 1. The van der Waals surface area contributed by atoms with Crippen molar-refractivity contribution < 1.29 is 9.53 Å². The Kier molecular flexibility index (Phi) is 6.80. The number of rotatable bonds is 7. The monoisotopic (exact) mass is 232 g/mol. The molecule has 2 nitrogen and oxygen atoms in total. The van der Waals surface area contributed by atoms with Gasteiger partial charge in [0.25, 0.3) is 0 Å². The molecule has 0 spiro atoms. The number of benzene rings is 1. The molecule has 0 atom stereocenters. The summed E-state index contributed by atoms with van der Waals surface area (Å²) in [5.41, 5.74) is 1.19. The molecule has 0 aliphatic rings. The average molecular weight is 232 g/mol. The molecule has 0 bridgehead atoms. The predicted octanol–water partition coefficient (Wildman–Crippen LogP) is 3.52. The van der Waals surface area contributed by atoms with Gasteiger partial charge in [0, 0.05) is 12.5 Å². The van der Waals surface area contributed by atoms with Gasteiger partial charge in [-0.3, -0.25) is 0 Å². The first-order chi connectivity index (χ1) is 8.33. The van der Waals surface area contributed by atoms with Crippen molar-refractivity contribution in [2.24, 2.45) is 0 Å². The predicted molar refractivity (Wildman–Crippen MR) is 69.8 cm³/mol. The Morgan fingerprint density at radius 2 is 2.06 bits per heavy atom. The van der Waals surface area contributed by atoms with Crippen molar-refractivity contribution in [3.05, 3.63) is 48.0 Å². The molecule has 0 fully saturated rings. The topological polar surface area (TPSA) is 26.3 Å². The van der Waals surface area contributed by atoms with Gasteiger partial charge in [-0.15, -0.1) is 0 Å². The number of hydrogen-bond acceptors (Lipinski definition) is 2. The van der Waals surface area contributed by atoms with Gasteiger partial charge < -0.3 is 4.74 Å². The summed E-state index contributed by atoms with van der Waals surface area (Å²) in [6, 6.07) is 10.0. The second kappa shape index (κ2) is 8.57. The molecule has 0 aliphatic carbocycles. The van der Waals surface area contributed by atoms with Crippen molar-refractivity contribution in [2.45, 2.75) is 32.6 Å². The summed E-state index contributed by atoms with van der Waals surface area (Å²) in [5, 5.41) is 0. The zero-order valence-corrected chi connectivity index (χ0v) is 10.4. The van der Waals surface area contributed by atoms with Gasteiger partial charge in [-0.05, 0) is 12.0 Å². The lowest BCUT2D eigenvalue weighted by molar-refractivity contribution is -0.137. The molecule has 1 aromatic rings. The normalized spacial score (nSPS) is 10.6. The number of hydrogen-bond donors (Lipinski definition) is 0. The maximum absolute atomic E-state index is 11.3. The highest BCUT2D eigenvalue weighted by Crippen LogP contribution is 2.00. The minimum atomic E-state index is -0.239. The molecule has 0 heterocycles. The standard InChI is InChI=1S/C15H20O2/c1-2-3-4-8-11-15(16)17-13-12-14-9-6-5-7-10-14/h5-11H,2-4,12-13H2,1H3. The van der Waals surface area contributed by atoms with Gasteiger partial charge in [0.05, 0.1) is 6.61 Å². The van der Waals surface area contributed by atoms with Gasteiger partial charge in [-0.2, -0.15) is 0 Å². The second-order valence-electron chi connectivity index (χ2n) is 3.95. The zero-order valence-electron chi connectivity index (χ0n) is 10.4. The molecule has 0 saturated heterocycles. The minimum Gasteiger partial charge on any atom is -0.462 e. The number of ether oxygens (including phenoxy) is 1. The third-order valence-electron chi connectivity index (χ3n) is 2.46. The molecule has 0 aromatic heterocycles. The van der Waals surface area contributed by atoms with Crippen LogP contribution in [-0.4, -0.2) is 12.6 Å². The van der Waals surface area contributed by atoms with E-state index in [0.717, 1.165) is 25.7 Å². The van der Waals surface area contributed by atoms with Crippen LogP contribution in [0, 0.1) is 0 Å². The van der Waals surface area contributed by atoms with E-state index in [4.69, 9.17) is 4.74 Å². The third-order valence-corrected chi connectivity index (χ3v) is 2.46. The van der Waals surface area contributed by atoms with Gasteiger partial charge in [-0.25, -0.2) is 4.79 Å². The molecule has 17 heavy (non-hydrogen) atoms. The van der Waals surface area contributed by atoms with E-state index in [1.807, 2.05) is 36.4 Å². The van der Waals surface area contributed by atoms with E-state index >= 15 is 0 Å². The largest absolute Gasteiger partial charge is 0.462 e. The van der Waals surface area contributed by atoms with Crippen molar-refractivity contribution in [3.8, 4) is 0 Å². The molecule has 2 heteroatoms. The fraction of sp³-hybridized carbons (Fsp3) is 0.400. The Bertz CT molecular complexity index is 341. The lowest BCUT2D eigenvalue weighted by Crippen LogP contribution is -2.04. The Hall–Kier alpha value is -1.57. The highest BCUT2D eigenvalue weighted by Gasteiger charge is 1.97. The summed E-state index contributed by atoms with van der Waals surface area (Å²) < 4.78 is 5.10. The van der Waals surface area contributed by atoms with Crippen molar-refractivity contribution >= 4 is 5.97 Å². The average Bonchev–Trinajstić information content (AvgIpc) is 2.36.